The van der Waals surface area contributed by atoms with Crippen molar-refractivity contribution < 1.29 is 14.4 Å². The quantitative estimate of drug-likeness (QED) is 0.858. The maximum atomic E-state index is 12.7. The van der Waals surface area contributed by atoms with Crippen LogP contribution in [0.15, 0.2) is 35.6 Å². The molecule has 1 aromatic carbocycles. The van der Waals surface area contributed by atoms with Crippen LogP contribution in [-0.4, -0.2) is 33.6 Å². The predicted molar refractivity (Wildman–Crippen MR) is 97.5 cm³/mol. The monoisotopic (exact) mass is 371 g/mol. The Morgan fingerprint density at radius 3 is 2.54 bits per heavy atom. The largest absolute Gasteiger partial charge is 0.307 e. The summed E-state index contributed by atoms with van der Waals surface area (Å²) in [6, 6.07) is 6.53. The zero-order valence-corrected chi connectivity index (χ0v) is 15.3. The first kappa shape index (κ1) is 17.7. The van der Waals surface area contributed by atoms with Gasteiger partial charge in [0.2, 0.25) is 11.8 Å². The van der Waals surface area contributed by atoms with Gasteiger partial charge >= 0.3 is 0 Å². The highest BCUT2D eigenvalue weighted by Crippen LogP contribution is 2.31. The van der Waals surface area contributed by atoms with Gasteiger partial charge in [-0.25, -0.2) is 9.99 Å². The Labute approximate surface area is 153 Å². The number of hydrogen-bond acceptors (Lipinski definition) is 6. The van der Waals surface area contributed by atoms with Crippen LogP contribution in [0.4, 0.5) is 5.13 Å². The Hall–Kier alpha value is -3.07. The van der Waals surface area contributed by atoms with Crippen molar-refractivity contribution in [1.82, 2.24) is 15.3 Å². The molecule has 3 rings (SSSR count). The van der Waals surface area contributed by atoms with Crippen molar-refractivity contribution in [2.75, 3.05) is 5.32 Å². The zero-order chi connectivity index (χ0) is 18.8. The van der Waals surface area contributed by atoms with Crippen LogP contribution in [0.25, 0.3) is 0 Å². The van der Waals surface area contributed by atoms with Crippen molar-refractivity contribution in [1.29, 1.82) is 0 Å². The second-order valence-electron chi connectivity index (χ2n) is 5.82. The number of hydrazone groups is 1. The molecule has 9 heteroatoms. The number of amidine groups is 1. The van der Waals surface area contributed by atoms with Gasteiger partial charge in [0, 0.05) is 25.6 Å². The highest BCUT2D eigenvalue weighted by atomic mass is 32.1. The topological polar surface area (TPSA) is 104 Å². The molecule has 1 aliphatic rings. The van der Waals surface area contributed by atoms with Crippen LogP contribution in [0.2, 0.25) is 0 Å². The molecule has 0 fully saturated rings. The molecule has 134 valence electrons. The van der Waals surface area contributed by atoms with Crippen LogP contribution in [0, 0.1) is 6.92 Å². The van der Waals surface area contributed by atoms with Crippen LogP contribution in [-0.2, 0) is 14.4 Å². The van der Waals surface area contributed by atoms with Crippen LogP contribution in [0.3, 0.4) is 0 Å². The molecule has 1 unspecified atom stereocenters. The van der Waals surface area contributed by atoms with Gasteiger partial charge in [0.1, 0.15) is 0 Å². The lowest BCUT2D eigenvalue weighted by Gasteiger charge is -2.30. The third kappa shape index (κ3) is 3.62. The number of carbonyl (C=O) groups is 3. The van der Waals surface area contributed by atoms with Crippen molar-refractivity contribution in [2.45, 2.75) is 26.8 Å². The van der Waals surface area contributed by atoms with E-state index < -0.39 is 6.04 Å². The molecule has 2 aromatic rings. The van der Waals surface area contributed by atoms with Crippen molar-refractivity contribution >= 4 is 40.0 Å². The molecule has 1 aliphatic heterocycles. The average molecular weight is 371 g/mol. The second kappa shape index (κ2) is 7.04. The first-order valence-electron chi connectivity index (χ1n) is 7.85. The van der Waals surface area contributed by atoms with E-state index in [1.165, 1.54) is 20.0 Å². The lowest BCUT2D eigenvalue weighted by molar-refractivity contribution is -0.139. The van der Waals surface area contributed by atoms with E-state index >= 15 is 0 Å². The second-order valence-corrected chi connectivity index (χ2v) is 6.88. The Morgan fingerprint density at radius 1 is 1.23 bits per heavy atom. The van der Waals surface area contributed by atoms with E-state index in [4.69, 9.17) is 0 Å². The number of thiazole rings is 1. The number of nitrogens with zero attached hydrogens (tertiary/aromatic N) is 3. The lowest BCUT2D eigenvalue weighted by atomic mass is 10.1. The van der Waals surface area contributed by atoms with Gasteiger partial charge in [-0.1, -0.05) is 41.2 Å². The number of rotatable bonds is 3. The zero-order valence-electron chi connectivity index (χ0n) is 14.4. The molecule has 0 bridgehead atoms. The Bertz CT molecular complexity index is 903. The van der Waals surface area contributed by atoms with E-state index in [0.717, 1.165) is 21.9 Å². The summed E-state index contributed by atoms with van der Waals surface area (Å²) in [7, 11) is 0. The van der Waals surface area contributed by atoms with E-state index in [1.54, 1.807) is 0 Å². The minimum atomic E-state index is -0.929. The van der Waals surface area contributed by atoms with E-state index in [1.807, 2.05) is 31.2 Å². The van der Waals surface area contributed by atoms with Crippen LogP contribution < -0.4 is 10.6 Å². The van der Waals surface area contributed by atoms with Crippen molar-refractivity contribution in [3.63, 3.8) is 0 Å². The molecule has 2 N–H and O–H groups in total. The van der Waals surface area contributed by atoms with Crippen LogP contribution in [0.5, 0.6) is 0 Å². The van der Waals surface area contributed by atoms with Crippen molar-refractivity contribution in [3.05, 3.63) is 46.5 Å². The summed E-state index contributed by atoms with van der Waals surface area (Å²) in [4.78, 5) is 40.5. The summed E-state index contributed by atoms with van der Waals surface area (Å²) in [5, 5.41) is 11.1. The molecule has 2 heterocycles. The minimum absolute atomic E-state index is 0.262. The number of aromatic nitrogens is 1. The molecular formula is C17H17N5O3S. The number of nitrogens with one attached hydrogen (secondary N) is 2. The van der Waals surface area contributed by atoms with Gasteiger partial charge in [-0.05, 0) is 6.92 Å². The first-order valence-corrected chi connectivity index (χ1v) is 8.66. The molecule has 8 nitrogen and oxygen atoms in total. The fraction of sp³-hybridized carbons (Fsp3) is 0.235. The summed E-state index contributed by atoms with van der Waals surface area (Å²) in [6.45, 7) is 4.67. The summed E-state index contributed by atoms with van der Waals surface area (Å²) in [5.41, 5.74) is 1.78. The van der Waals surface area contributed by atoms with E-state index in [0.29, 0.717) is 21.4 Å². The number of aryl methyl sites for hydroxylation is 1. The molecule has 0 radical (unpaired) electrons. The maximum Gasteiger partial charge on any atom is 0.256 e. The number of benzene rings is 1. The fourth-order valence-corrected chi connectivity index (χ4v) is 3.40. The molecule has 0 saturated carbocycles. The number of hydrogen-bond donors (Lipinski definition) is 2. The standard InChI is InChI=1S/C17H17N5O3S/c1-9-4-6-12(7-5-9)15-20-16(25)14(22(21-15)11(3)24)13-8-18-17(26-13)19-10(2)23/h4-8,14H,1-3H3,(H,18,19,23)(H,20,21,25). The Balaban J connectivity index is 1.95. The third-order valence-corrected chi connectivity index (χ3v) is 4.63. The summed E-state index contributed by atoms with van der Waals surface area (Å²) in [5.74, 6) is -0.706. The van der Waals surface area contributed by atoms with Crippen molar-refractivity contribution in [3.8, 4) is 0 Å². The molecule has 1 atom stereocenters. The minimum Gasteiger partial charge on any atom is -0.307 e. The lowest BCUT2D eigenvalue weighted by Crippen LogP contribution is -2.48. The molecule has 26 heavy (non-hydrogen) atoms. The van der Waals surface area contributed by atoms with Crippen LogP contribution >= 0.6 is 11.3 Å². The van der Waals surface area contributed by atoms with Gasteiger partial charge in [-0.2, -0.15) is 5.10 Å². The van der Waals surface area contributed by atoms with Crippen molar-refractivity contribution in [2.24, 2.45) is 5.10 Å². The Kier molecular flexibility index (Phi) is 4.81. The SMILES string of the molecule is CC(=O)Nc1ncc(C2C(=O)NC(c3ccc(C)cc3)=NN2C(C)=O)s1. The summed E-state index contributed by atoms with van der Waals surface area (Å²) >= 11 is 1.12. The van der Waals surface area contributed by atoms with E-state index in [9.17, 15) is 14.4 Å². The molecule has 3 amide bonds. The van der Waals surface area contributed by atoms with Gasteiger partial charge in [-0.15, -0.1) is 0 Å². The fourth-order valence-electron chi connectivity index (χ4n) is 2.45. The smallest absolute Gasteiger partial charge is 0.256 e. The van der Waals surface area contributed by atoms with Gasteiger partial charge in [0.15, 0.2) is 17.0 Å². The first-order chi connectivity index (χ1) is 12.3. The predicted octanol–water partition coefficient (Wildman–Crippen LogP) is 1.79. The van der Waals surface area contributed by atoms with E-state index in [-0.39, 0.29) is 17.7 Å². The van der Waals surface area contributed by atoms with Crippen LogP contribution in [0.1, 0.15) is 35.9 Å². The highest BCUT2D eigenvalue weighted by Gasteiger charge is 2.36. The maximum absolute atomic E-state index is 12.7. The number of amides is 3. The third-order valence-electron chi connectivity index (χ3n) is 3.67. The molecular weight excluding hydrogens is 354 g/mol. The highest BCUT2D eigenvalue weighted by molar-refractivity contribution is 7.15. The van der Waals surface area contributed by atoms with Gasteiger partial charge in [0.05, 0.1) is 4.88 Å². The summed E-state index contributed by atoms with van der Waals surface area (Å²) < 4.78 is 0. The molecule has 0 spiro atoms. The molecule has 1 aromatic heterocycles. The van der Waals surface area contributed by atoms with Gasteiger partial charge < -0.3 is 10.6 Å². The normalized spacial score (nSPS) is 16.7. The summed E-state index contributed by atoms with van der Waals surface area (Å²) in [6.07, 6.45) is 1.46. The molecule has 0 saturated heterocycles. The van der Waals surface area contributed by atoms with Gasteiger partial charge in [0.25, 0.3) is 5.91 Å². The Morgan fingerprint density at radius 2 is 1.92 bits per heavy atom. The number of anilines is 1. The van der Waals surface area contributed by atoms with E-state index in [2.05, 4.69) is 20.7 Å². The number of carbonyl (C=O) groups excluding carboxylic acids is 3. The van der Waals surface area contributed by atoms with Gasteiger partial charge in [-0.3, -0.25) is 14.4 Å². The average Bonchev–Trinajstić information content (AvgIpc) is 3.01. The molecule has 0 aliphatic carbocycles.